The molecule has 0 unspecified atom stereocenters. The SMILES string of the molecule is CN=C(NCCCCN1C(=O)c2ccccc2C1=O)NCCc1cccc(C(=O)N(C)C)c1. The summed E-state index contributed by atoms with van der Waals surface area (Å²) in [6, 6.07) is 14.6. The molecule has 8 nitrogen and oxygen atoms in total. The summed E-state index contributed by atoms with van der Waals surface area (Å²) < 4.78 is 0. The van der Waals surface area contributed by atoms with E-state index in [1.165, 1.54) is 4.90 Å². The molecule has 1 aliphatic rings. The molecule has 1 aliphatic heterocycles. The number of carbonyl (C=O) groups is 3. The van der Waals surface area contributed by atoms with Gasteiger partial charge < -0.3 is 15.5 Å². The van der Waals surface area contributed by atoms with Crippen LogP contribution in [0.1, 0.15) is 49.5 Å². The van der Waals surface area contributed by atoms with Gasteiger partial charge in [0.05, 0.1) is 11.1 Å². The van der Waals surface area contributed by atoms with Crippen LogP contribution in [-0.2, 0) is 6.42 Å². The first-order valence-corrected chi connectivity index (χ1v) is 11.1. The van der Waals surface area contributed by atoms with Crippen molar-refractivity contribution in [2.24, 2.45) is 4.99 Å². The average Bonchev–Trinajstić information content (AvgIpc) is 3.07. The van der Waals surface area contributed by atoms with Crippen LogP contribution in [0.25, 0.3) is 0 Å². The lowest BCUT2D eigenvalue weighted by atomic mass is 10.1. The summed E-state index contributed by atoms with van der Waals surface area (Å²) in [6.45, 7) is 1.76. The van der Waals surface area contributed by atoms with E-state index in [1.807, 2.05) is 24.3 Å². The van der Waals surface area contributed by atoms with Crippen LogP contribution in [0.3, 0.4) is 0 Å². The third kappa shape index (κ3) is 5.97. The van der Waals surface area contributed by atoms with Gasteiger partial charge in [-0.05, 0) is 49.1 Å². The topological polar surface area (TPSA) is 94.1 Å². The quantitative estimate of drug-likeness (QED) is 0.265. The molecule has 8 heteroatoms. The predicted molar refractivity (Wildman–Crippen MR) is 129 cm³/mol. The molecule has 33 heavy (non-hydrogen) atoms. The number of aliphatic imine (C=N–C) groups is 1. The van der Waals surface area contributed by atoms with Crippen molar-refractivity contribution in [3.8, 4) is 0 Å². The van der Waals surface area contributed by atoms with Crippen LogP contribution in [0.4, 0.5) is 0 Å². The van der Waals surface area contributed by atoms with Crippen molar-refractivity contribution >= 4 is 23.7 Å². The molecule has 0 bridgehead atoms. The molecule has 2 N–H and O–H groups in total. The molecule has 174 valence electrons. The highest BCUT2D eigenvalue weighted by Crippen LogP contribution is 2.22. The molecule has 3 rings (SSSR count). The van der Waals surface area contributed by atoms with E-state index in [-0.39, 0.29) is 17.7 Å². The average molecular weight is 450 g/mol. The second-order valence-corrected chi connectivity index (χ2v) is 8.09. The second kappa shape index (κ2) is 11.3. The van der Waals surface area contributed by atoms with Gasteiger partial charge in [0.15, 0.2) is 5.96 Å². The summed E-state index contributed by atoms with van der Waals surface area (Å²) in [7, 11) is 5.20. The van der Waals surface area contributed by atoms with Crippen molar-refractivity contribution in [3.63, 3.8) is 0 Å². The third-order valence-corrected chi connectivity index (χ3v) is 5.49. The van der Waals surface area contributed by atoms with E-state index in [0.29, 0.717) is 48.7 Å². The Morgan fingerprint density at radius 2 is 1.61 bits per heavy atom. The molecular weight excluding hydrogens is 418 g/mol. The molecule has 0 atom stereocenters. The molecule has 1 heterocycles. The van der Waals surface area contributed by atoms with Crippen molar-refractivity contribution in [2.75, 3.05) is 40.8 Å². The number of guanidine groups is 1. The van der Waals surface area contributed by atoms with Gasteiger partial charge in [0.2, 0.25) is 0 Å². The fourth-order valence-electron chi connectivity index (χ4n) is 3.71. The molecule has 3 amide bonds. The van der Waals surface area contributed by atoms with Gasteiger partial charge in [-0.15, -0.1) is 0 Å². The maximum atomic E-state index is 12.4. The molecule has 0 radical (unpaired) electrons. The van der Waals surface area contributed by atoms with E-state index >= 15 is 0 Å². The Hall–Kier alpha value is -3.68. The van der Waals surface area contributed by atoms with E-state index < -0.39 is 0 Å². The van der Waals surface area contributed by atoms with E-state index in [2.05, 4.69) is 15.6 Å². The lowest BCUT2D eigenvalue weighted by molar-refractivity contribution is 0.0651. The molecule has 0 aliphatic carbocycles. The number of unbranched alkanes of at least 4 members (excludes halogenated alkanes) is 1. The number of hydrogen-bond donors (Lipinski definition) is 2. The first-order chi connectivity index (χ1) is 15.9. The monoisotopic (exact) mass is 449 g/mol. The number of fused-ring (bicyclic) bond motifs is 1. The Morgan fingerprint density at radius 3 is 2.24 bits per heavy atom. The minimum Gasteiger partial charge on any atom is -0.356 e. The van der Waals surface area contributed by atoms with Crippen LogP contribution < -0.4 is 10.6 Å². The molecule has 2 aromatic carbocycles. The maximum absolute atomic E-state index is 12.4. The largest absolute Gasteiger partial charge is 0.356 e. The van der Waals surface area contributed by atoms with Crippen LogP contribution >= 0.6 is 0 Å². The van der Waals surface area contributed by atoms with Crippen LogP contribution in [0, 0.1) is 0 Å². The third-order valence-electron chi connectivity index (χ3n) is 5.49. The lowest BCUT2D eigenvalue weighted by Gasteiger charge is -2.15. The van der Waals surface area contributed by atoms with E-state index in [1.54, 1.807) is 50.3 Å². The Morgan fingerprint density at radius 1 is 0.939 bits per heavy atom. The first-order valence-electron chi connectivity index (χ1n) is 11.1. The van der Waals surface area contributed by atoms with Crippen LogP contribution in [-0.4, -0.2) is 74.3 Å². The fourth-order valence-corrected chi connectivity index (χ4v) is 3.71. The lowest BCUT2D eigenvalue weighted by Crippen LogP contribution is -2.39. The number of amides is 3. The summed E-state index contributed by atoms with van der Waals surface area (Å²) in [4.78, 5) is 44.0. The number of carbonyl (C=O) groups excluding carboxylic acids is 3. The van der Waals surface area contributed by atoms with Gasteiger partial charge in [-0.2, -0.15) is 0 Å². The molecule has 0 spiro atoms. The Balaban J connectivity index is 1.36. The predicted octanol–water partition coefficient (Wildman–Crippen LogP) is 2.17. The van der Waals surface area contributed by atoms with Gasteiger partial charge in [-0.25, -0.2) is 0 Å². The summed E-state index contributed by atoms with van der Waals surface area (Å²) in [5.74, 6) is 0.259. The zero-order chi connectivity index (χ0) is 23.8. The van der Waals surface area contributed by atoms with Gasteiger partial charge in [0, 0.05) is 46.3 Å². The molecule has 0 fully saturated rings. The van der Waals surface area contributed by atoms with Crippen molar-refractivity contribution in [1.29, 1.82) is 0 Å². The molecule has 0 saturated carbocycles. The number of hydrogen-bond acceptors (Lipinski definition) is 4. The molecular formula is C25H31N5O3. The van der Waals surface area contributed by atoms with E-state index in [9.17, 15) is 14.4 Å². The Kier molecular flexibility index (Phi) is 8.18. The highest BCUT2D eigenvalue weighted by Gasteiger charge is 2.34. The fraction of sp³-hybridized carbons (Fsp3) is 0.360. The molecule has 0 saturated heterocycles. The minimum absolute atomic E-state index is 0.0107. The first kappa shape index (κ1) is 24.0. The smallest absolute Gasteiger partial charge is 0.261 e. The van der Waals surface area contributed by atoms with Gasteiger partial charge in [-0.1, -0.05) is 24.3 Å². The minimum atomic E-state index is -0.211. The van der Waals surface area contributed by atoms with E-state index in [4.69, 9.17) is 0 Å². The maximum Gasteiger partial charge on any atom is 0.261 e. The summed E-state index contributed by atoms with van der Waals surface area (Å²) in [5, 5.41) is 6.53. The standard InChI is InChI=1S/C25H31N5O3/c1-26-25(28-15-13-18-9-8-10-19(17-18)22(31)29(2)3)27-14-6-7-16-30-23(32)20-11-4-5-12-21(20)24(30)33/h4-5,8-12,17H,6-7,13-16H2,1-3H3,(H2,26,27,28). The Bertz CT molecular complexity index is 1010. The van der Waals surface area contributed by atoms with Crippen molar-refractivity contribution in [1.82, 2.24) is 20.4 Å². The van der Waals surface area contributed by atoms with Gasteiger partial charge in [0.25, 0.3) is 17.7 Å². The summed E-state index contributed by atoms with van der Waals surface area (Å²) in [5.41, 5.74) is 2.73. The zero-order valence-electron chi connectivity index (χ0n) is 19.4. The summed E-state index contributed by atoms with van der Waals surface area (Å²) in [6.07, 6.45) is 2.26. The van der Waals surface area contributed by atoms with Crippen LogP contribution in [0.15, 0.2) is 53.5 Å². The molecule has 0 aromatic heterocycles. The normalized spacial score (nSPS) is 13.2. The van der Waals surface area contributed by atoms with Crippen LogP contribution in [0.5, 0.6) is 0 Å². The van der Waals surface area contributed by atoms with Gasteiger partial charge >= 0.3 is 0 Å². The van der Waals surface area contributed by atoms with Crippen molar-refractivity contribution in [3.05, 3.63) is 70.8 Å². The zero-order valence-corrected chi connectivity index (χ0v) is 19.4. The number of nitrogens with one attached hydrogen (secondary N) is 2. The Labute approximate surface area is 194 Å². The van der Waals surface area contributed by atoms with Crippen molar-refractivity contribution < 1.29 is 14.4 Å². The number of nitrogens with zero attached hydrogens (tertiary/aromatic N) is 3. The number of benzene rings is 2. The van der Waals surface area contributed by atoms with Crippen LogP contribution in [0.2, 0.25) is 0 Å². The van der Waals surface area contributed by atoms with Gasteiger partial charge in [0.1, 0.15) is 0 Å². The highest BCUT2D eigenvalue weighted by molar-refractivity contribution is 6.21. The van der Waals surface area contributed by atoms with E-state index in [0.717, 1.165) is 18.4 Å². The van der Waals surface area contributed by atoms with Crippen molar-refractivity contribution in [2.45, 2.75) is 19.3 Å². The van der Waals surface area contributed by atoms with Gasteiger partial charge in [-0.3, -0.25) is 24.3 Å². The number of rotatable bonds is 9. The molecule has 2 aromatic rings. The highest BCUT2D eigenvalue weighted by atomic mass is 16.2. The number of imide groups is 1. The second-order valence-electron chi connectivity index (χ2n) is 8.09. The summed E-state index contributed by atoms with van der Waals surface area (Å²) >= 11 is 0.